The van der Waals surface area contributed by atoms with Gasteiger partial charge in [0.1, 0.15) is 10.7 Å². The number of Topliss-reactive ketones (excluding diaryl/α,β-unsaturated/α-hetero) is 1. The van der Waals surface area contributed by atoms with Gasteiger partial charge in [-0.15, -0.1) is 0 Å². The van der Waals surface area contributed by atoms with E-state index in [2.05, 4.69) is 0 Å². The summed E-state index contributed by atoms with van der Waals surface area (Å²) < 4.78 is 31.1. The van der Waals surface area contributed by atoms with Crippen LogP contribution in [0.25, 0.3) is 0 Å². The summed E-state index contributed by atoms with van der Waals surface area (Å²) in [5.74, 6) is -2.28. The number of amides is 2. The van der Waals surface area contributed by atoms with E-state index in [9.17, 15) is 22.8 Å². The first-order chi connectivity index (χ1) is 8.71. The Morgan fingerprint density at radius 3 is 2.32 bits per heavy atom. The van der Waals surface area contributed by atoms with Gasteiger partial charge >= 0.3 is 0 Å². The Kier molecular flexibility index (Phi) is 4.52. The molecule has 1 aromatic carbocycles. The molecule has 0 fully saturated rings. The van der Waals surface area contributed by atoms with E-state index in [1.54, 1.807) is 0 Å². The minimum absolute atomic E-state index is 0.373. The van der Waals surface area contributed by atoms with Crippen molar-refractivity contribution in [3.63, 3.8) is 0 Å². The van der Waals surface area contributed by atoms with Crippen molar-refractivity contribution in [3.05, 3.63) is 29.8 Å². The van der Waals surface area contributed by atoms with Crippen LogP contribution in [0.2, 0.25) is 0 Å². The zero-order valence-corrected chi connectivity index (χ0v) is 10.7. The number of carbonyl (C=O) groups is 3. The molecule has 0 aliphatic carbocycles. The number of hydrogen-bond donors (Lipinski definition) is 2. The number of nitrogens with one attached hydrogen (secondary N) is 1. The summed E-state index contributed by atoms with van der Waals surface area (Å²) in [5, 5.41) is 1.87. The topological polar surface area (TPSA) is 118 Å². The molecular weight excluding hydrogens is 274 g/mol. The fraction of sp³-hybridized carbons (Fsp3) is 0.182. The summed E-state index contributed by atoms with van der Waals surface area (Å²) in [7, 11) is -4.58. The van der Waals surface area contributed by atoms with Gasteiger partial charge in [-0.05, 0) is 19.1 Å². The van der Waals surface area contributed by atoms with Crippen molar-refractivity contribution < 1.29 is 27.4 Å². The summed E-state index contributed by atoms with van der Waals surface area (Å²) >= 11 is 0. The van der Waals surface area contributed by atoms with E-state index in [-0.39, 0.29) is 5.56 Å². The lowest BCUT2D eigenvalue weighted by Crippen LogP contribution is -2.32. The molecular formula is C11H11NO6S. The molecule has 8 heteroatoms. The zero-order valence-electron chi connectivity index (χ0n) is 9.91. The number of benzene rings is 1. The monoisotopic (exact) mass is 285 g/mol. The molecule has 2 N–H and O–H groups in total. The molecule has 0 bridgehead atoms. The maximum atomic E-state index is 11.7. The first kappa shape index (κ1) is 15.0. The Morgan fingerprint density at radius 2 is 1.79 bits per heavy atom. The van der Waals surface area contributed by atoms with E-state index in [1.165, 1.54) is 19.1 Å². The molecule has 0 heterocycles. The second kappa shape index (κ2) is 5.72. The Hall–Kier alpha value is -2.06. The fourth-order valence-corrected chi connectivity index (χ4v) is 2.03. The van der Waals surface area contributed by atoms with Crippen LogP contribution in [0.3, 0.4) is 0 Å². The molecule has 2 amide bonds. The van der Waals surface area contributed by atoms with Gasteiger partial charge in [-0.3, -0.25) is 24.3 Å². The summed E-state index contributed by atoms with van der Waals surface area (Å²) in [5.41, 5.74) is -0.373. The Balaban J connectivity index is 3.02. The molecule has 0 atom stereocenters. The lowest BCUT2D eigenvalue weighted by molar-refractivity contribution is -0.126. The van der Waals surface area contributed by atoms with Crippen LogP contribution in [0.15, 0.2) is 29.2 Å². The van der Waals surface area contributed by atoms with Gasteiger partial charge in [-0.1, -0.05) is 12.1 Å². The SMILES string of the molecule is CC(=O)CC(=O)NC(=O)c1ccccc1S(=O)(=O)O. The van der Waals surface area contributed by atoms with Gasteiger partial charge in [0.2, 0.25) is 5.91 Å². The molecule has 0 radical (unpaired) electrons. The van der Waals surface area contributed by atoms with Crippen molar-refractivity contribution in [1.82, 2.24) is 5.32 Å². The molecule has 0 spiro atoms. The first-order valence-electron chi connectivity index (χ1n) is 5.12. The largest absolute Gasteiger partial charge is 0.299 e. The molecule has 1 aromatic rings. The third-order valence-electron chi connectivity index (χ3n) is 2.07. The van der Waals surface area contributed by atoms with Crippen LogP contribution in [0, 0.1) is 0 Å². The summed E-state index contributed by atoms with van der Waals surface area (Å²) in [6.07, 6.45) is -0.486. The highest BCUT2D eigenvalue weighted by Crippen LogP contribution is 2.14. The molecule has 0 saturated carbocycles. The molecule has 7 nitrogen and oxygen atoms in total. The first-order valence-corrected chi connectivity index (χ1v) is 6.56. The van der Waals surface area contributed by atoms with E-state index in [4.69, 9.17) is 4.55 Å². The highest BCUT2D eigenvalue weighted by atomic mass is 32.2. The van der Waals surface area contributed by atoms with E-state index < -0.39 is 39.0 Å². The summed E-state index contributed by atoms with van der Waals surface area (Å²) in [6.45, 7) is 1.18. The number of ketones is 1. The van der Waals surface area contributed by atoms with Crippen molar-refractivity contribution in [2.45, 2.75) is 18.2 Å². The standard InChI is InChI=1S/C11H11NO6S/c1-7(13)6-10(14)12-11(15)8-4-2-3-5-9(8)19(16,17)18/h2-5H,6H2,1H3,(H,12,14,15)(H,16,17,18). The molecule has 0 aromatic heterocycles. The van der Waals surface area contributed by atoms with Crippen molar-refractivity contribution in [1.29, 1.82) is 0 Å². The van der Waals surface area contributed by atoms with E-state index in [0.717, 1.165) is 12.1 Å². The Morgan fingerprint density at radius 1 is 1.21 bits per heavy atom. The van der Waals surface area contributed by atoms with E-state index in [0.29, 0.717) is 0 Å². The van der Waals surface area contributed by atoms with Crippen molar-refractivity contribution >= 4 is 27.7 Å². The third-order valence-corrected chi connectivity index (χ3v) is 2.98. The zero-order chi connectivity index (χ0) is 14.6. The van der Waals surface area contributed by atoms with Crippen LogP contribution in [0.4, 0.5) is 0 Å². The number of imide groups is 1. The normalized spacial score (nSPS) is 10.8. The van der Waals surface area contributed by atoms with Gasteiger partial charge in [-0.25, -0.2) is 0 Å². The third kappa shape index (κ3) is 4.27. The van der Waals surface area contributed by atoms with Crippen LogP contribution in [0.5, 0.6) is 0 Å². The summed E-state index contributed by atoms with van der Waals surface area (Å²) in [4.78, 5) is 33.0. The lowest BCUT2D eigenvalue weighted by atomic mass is 10.2. The average Bonchev–Trinajstić information content (AvgIpc) is 2.26. The van der Waals surface area contributed by atoms with Crippen LogP contribution in [-0.4, -0.2) is 30.6 Å². The maximum absolute atomic E-state index is 11.7. The molecule has 102 valence electrons. The second-order valence-electron chi connectivity index (χ2n) is 3.73. The van der Waals surface area contributed by atoms with Gasteiger partial charge in [0, 0.05) is 0 Å². The van der Waals surface area contributed by atoms with Gasteiger partial charge < -0.3 is 0 Å². The lowest BCUT2D eigenvalue weighted by Gasteiger charge is -2.06. The van der Waals surface area contributed by atoms with Crippen molar-refractivity contribution in [2.24, 2.45) is 0 Å². The van der Waals surface area contributed by atoms with Crippen LogP contribution in [-0.2, 0) is 19.7 Å². The van der Waals surface area contributed by atoms with E-state index in [1.807, 2.05) is 5.32 Å². The van der Waals surface area contributed by atoms with Crippen LogP contribution in [0.1, 0.15) is 23.7 Å². The van der Waals surface area contributed by atoms with Crippen molar-refractivity contribution in [3.8, 4) is 0 Å². The Labute approximate surface area is 109 Å². The highest BCUT2D eigenvalue weighted by molar-refractivity contribution is 7.86. The number of hydrogen-bond acceptors (Lipinski definition) is 5. The van der Waals surface area contributed by atoms with Crippen LogP contribution >= 0.6 is 0 Å². The quantitative estimate of drug-likeness (QED) is 0.601. The van der Waals surface area contributed by atoms with Gasteiger partial charge in [-0.2, -0.15) is 8.42 Å². The predicted molar refractivity (Wildman–Crippen MR) is 64.0 cm³/mol. The molecule has 1 rings (SSSR count). The maximum Gasteiger partial charge on any atom is 0.295 e. The minimum Gasteiger partial charge on any atom is -0.299 e. The molecule has 0 saturated heterocycles. The number of carbonyl (C=O) groups excluding carboxylic acids is 3. The van der Waals surface area contributed by atoms with Gasteiger partial charge in [0.05, 0.1) is 12.0 Å². The second-order valence-corrected chi connectivity index (χ2v) is 5.12. The average molecular weight is 285 g/mol. The smallest absolute Gasteiger partial charge is 0.295 e. The van der Waals surface area contributed by atoms with Gasteiger partial charge in [0.25, 0.3) is 16.0 Å². The predicted octanol–water partition coefficient (Wildman–Crippen LogP) is 0.169. The molecule has 19 heavy (non-hydrogen) atoms. The molecule has 0 aliphatic rings. The fourth-order valence-electron chi connectivity index (χ4n) is 1.34. The number of rotatable bonds is 4. The molecule has 0 unspecified atom stereocenters. The summed E-state index contributed by atoms with van der Waals surface area (Å²) in [6, 6.07) is 4.86. The van der Waals surface area contributed by atoms with Crippen molar-refractivity contribution in [2.75, 3.05) is 0 Å². The van der Waals surface area contributed by atoms with E-state index >= 15 is 0 Å². The highest BCUT2D eigenvalue weighted by Gasteiger charge is 2.21. The Bertz CT molecular complexity index is 634. The van der Waals surface area contributed by atoms with Crippen LogP contribution < -0.4 is 5.32 Å². The van der Waals surface area contributed by atoms with Gasteiger partial charge in [0.15, 0.2) is 0 Å². The molecule has 0 aliphatic heterocycles. The minimum atomic E-state index is -4.58.